The lowest BCUT2D eigenvalue weighted by Gasteiger charge is -2.14. The van der Waals surface area contributed by atoms with Gasteiger partial charge in [-0.1, -0.05) is 52.5 Å². The second-order valence-corrected chi connectivity index (χ2v) is 11.0. The third kappa shape index (κ3) is 9.12. The number of carboxylic acid groups (broad SMARTS) is 2. The van der Waals surface area contributed by atoms with Crippen LogP contribution in [0.1, 0.15) is 21.5 Å². The fourth-order valence-electron chi connectivity index (χ4n) is 3.52. The third-order valence-electron chi connectivity index (χ3n) is 5.32. The van der Waals surface area contributed by atoms with E-state index in [9.17, 15) is 19.8 Å². The maximum absolute atomic E-state index is 11.3. The number of aromatic carboxylic acids is 1. The molecule has 0 bridgehead atoms. The fraction of sp³-hybridized carbons (Fsp3) is 0.185. The molecule has 1 fully saturated rings. The average molecular weight is 647 g/mol. The van der Waals surface area contributed by atoms with E-state index in [4.69, 9.17) is 61.0 Å². The SMILES string of the molecule is COc1cc(C=C2CN(Cc3ccc(Cl)c(Cl)c3)CS2)cc(C(=O)O)c1O.O=C(O)COc1ccc(Cl)cc1Cl. The highest BCUT2D eigenvalue weighted by Crippen LogP contribution is 2.35. The Labute approximate surface area is 254 Å². The van der Waals surface area contributed by atoms with Gasteiger partial charge < -0.3 is 24.8 Å². The number of hydrogen-bond acceptors (Lipinski definition) is 7. The van der Waals surface area contributed by atoms with Crippen molar-refractivity contribution >= 4 is 76.2 Å². The highest BCUT2D eigenvalue weighted by molar-refractivity contribution is 8.03. The fourth-order valence-corrected chi connectivity index (χ4v) is 5.33. The van der Waals surface area contributed by atoms with Gasteiger partial charge in [0.1, 0.15) is 11.3 Å². The lowest BCUT2D eigenvalue weighted by Crippen LogP contribution is -2.18. The van der Waals surface area contributed by atoms with Crippen LogP contribution in [0.15, 0.2) is 53.4 Å². The summed E-state index contributed by atoms with van der Waals surface area (Å²) in [7, 11) is 1.39. The van der Waals surface area contributed by atoms with Crippen molar-refractivity contribution in [3.8, 4) is 17.2 Å². The van der Waals surface area contributed by atoms with Gasteiger partial charge in [-0.3, -0.25) is 4.90 Å². The van der Waals surface area contributed by atoms with Gasteiger partial charge in [-0.05, 0) is 59.7 Å². The van der Waals surface area contributed by atoms with E-state index in [1.165, 1.54) is 25.3 Å². The van der Waals surface area contributed by atoms with Crippen molar-refractivity contribution in [1.82, 2.24) is 4.90 Å². The number of rotatable bonds is 8. The molecule has 0 spiro atoms. The van der Waals surface area contributed by atoms with E-state index in [1.807, 2.05) is 18.2 Å². The lowest BCUT2D eigenvalue weighted by atomic mass is 10.1. The molecule has 3 aromatic rings. The van der Waals surface area contributed by atoms with Gasteiger partial charge in [0.2, 0.25) is 0 Å². The molecule has 1 heterocycles. The number of aliphatic carboxylic acids is 1. The first-order valence-electron chi connectivity index (χ1n) is 11.4. The smallest absolute Gasteiger partial charge is 0.341 e. The number of hydrogen-bond donors (Lipinski definition) is 3. The van der Waals surface area contributed by atoms with Crippen LogP contribution in [0.2, 0.25) is 20.1 Å². The molecule has 1 aliphatic heterocycles. The van der Waals surface area contributed by atoms with Crippen molar-refractivity contribution in [2.75, 3.05) is 26.1 Å². The normalized spacial score (nSPS) is 14.0. The Hall–Kier alpha value is -2.79. The molecule has 40 heavy (non-hydrogen) atoms. The molecule has 0 saturated carbocycles. The van der Waals surface area contributed by atoms with Gasteiger partial charge in [0.25, 0.3) is 0 Å². The van der Waals surface area contributed by atoms with Gasteiger partial charge in [-0.15, -0.1) is 11.8 Å². The van der Waals surface area contributed by atoms with Gasteiger partial charge in [0.15, 0.2) is 18.1 Å². The molecule has 0 aromatic heterocycles. The summed E-state index contributed by atoms with van der Waals surface area (Å²) >= 11 is 25.0. The quantitative estimate of drug-likeness (QED) is 0.230. The Morgan fingerprint density at radius 3 is 2.35 bits per heavy atom. The Morgan fingerprint density at radius 2 is 1.73 bits per heavy atom. The Balaban J connectivity index is 0.000000285. The topological polar surface area (TPSA) is 117 Å². The predicted octanol–water partition coefficient (Wildman–Crippen LogP) is 7.41. The molecule has 0 atom stereocenters. The predicted molar refractivity (Wildman–Crippen MR) is 159 cm³/mol. The number of phenols is 1. The van der Waals surface area contributed by atoms with Gasteiger partial charge >= 0.3 is 11.9 Å². The number of ether oxygens (including phenoxy) is 2. The highest BCUT2D eigenvalue weighted by atomic mass is 35.5. The first-order valence-corrected chi connectivity index (χ1v) is 13.9. The summed E-state index contributed by atoms with van der Waals surface area (Å²) < 4.78 is 9.94. The number of aromatic hydroxyl groups is 1. The summed E-state index contributed by atoms with van der Waals surface area (Å²) in [5.41, 5.74) is 1.56. The van der Waals surface area contributed by atoms with Gasteiger partial charge in [-0.2, -0.15) is 0 Å². The number of halogens is 4. The van der Waals surface area contributed by atoms with Crippen molar-refractivity contribution in [2.24, 2.45) is 0 Å². The Kier molecular flexibility index (Phi) is 11.7. The highest BCUT2D eigenvalue weighted by Gasteiger charge is 2.20. The van der Waals surface area contributed by atoms with Crippen LogP contribution in [0.3, 0.4) is 0 Å². The second-order valence-electron chi connectivity index (χ2n) is 8.30. The first kappa shape index (κ1) is 31.7. The van der Waals surface area contributed by atoms with Crippen LogP contribution in [0.4, 0.5) is 0 Å². The van der Waals surface area contributed by atoms with Crippen molar-refractivity contribution in [3.05, 3.63) is 90.2 Å². The molecule has 212 valence electrons. The number of nitrogens with zero attached hydrogens (tertiary/aromatic N) is 1. The van der Waals surface area contributed by atoms with Gasteiger partial charge in [0.05, 0.1) is 22.2 Å². The lowest BCUT2D eigenvalue weighted by molar-refractivity contribution is -0.139. The number of carboxylic acids is 2. The number of methoxy groups -OCH3 is 1. The molecule has 1 saturated heterocycles. The molecule has 0 amide bonds. The molecule has 0 radical (unpaired) electrons. The van der Waals surface area contributed by atoms with E-state index in [2.05, 4.69) is 4.90 Å². The molecule has 3 N–H and O–H groups in total. The molecule has 1 aliphatic rings. The van der Waals surface area contributed by atoms with Crippen molar-refractivity contribution < 1.29 is 34.4 Å². The standard InChI is InChI=1S/C19H17Cl2NO4S.C8H6Cl2O3/c1-26-17-7-12(5-14(18(17)23)19(24)25)4-13-9-22(10-27-13)8-11-2-3-15(20)16(21)6-11;9-5-1-2-7(6(10)3-5)13-4-8(11)12/h2-7,23H,8-10H2,1H3,(H,24,25);1-3H,4H2,(H,11,12). The number of thioether (sulfide) groups is 1. The largest absolute Gasteiger partial charge is 0.504 e. The number of carbonyl (C=O) groups is 2. The summed E-state index contributed by atoms with van der Waals surface area (Å²) in [6, 6.07) is 13.2. The summed E-state index contributed by atoms with van der Waals surface area (Å²) in [6.07, 6.45) is 1.91. The maximum Gasteiger partial charge on any atom is 0.341 e. The van der Waals surface area contributed by atoms with Crippen molar-refractivity contribution in [1.29, 1.82) is 0 Å². The molecular formula is C27H23Cl4NO7S. The minimum absolute atomic E-state index is 0.136. The van der Waals surface area contributed by atoms with Gasteiger partial charge in [-0.25, -0.2) is 9.59 Å². The maximum atomic E-state index is 11.3. The average Bonchev–Trinajstić information content (AvgIpc) is 3.33. The molecule has 3 aromatic carbocycles. The van der Waals surface area contributed by atoms with Crippen LogP contribution in [0.25, 0.3) is 6.08 Å². The number of benzene rings is 3. The third-order valence-corrected chi connectivity index (χ3v) is 7.70. The zero-order chi connectivity index (χ0) is 29.4. The van der Waals surface area contributed by atoms with E-state index < -0.39 is 18.5 Å². The molecule has 4 rings (SSSR count). The Bertz CT molecular complexity index is 1430. The van der Waals surface area contributed by atoms with E-state index >= 15 is 0 Å². The molecule has 13 heteroatoms. The molecule has 0 aliphatic carbocycles. The first-order chi connectivity index (χ1) is 19.0. The van der Waals surface area contributed by atoms with E-state index in [1.54, 1.807) is 30.0 Å². The van der Waals surface area contributed by atoms with Crippen LogP contribution in [0, 0.1) is 0 Å². The summed E-state index contributed by atoms with van der Waals surface area (Å²) in [5, 5.41) is 29.4. The van der Waals surface area contributed by atoms with E-state index in [0.29, 0.717) is 31.4 Å². The summed E-state index contributed by atoms with van der Waals surface area (Å²) in [6.45, 7) is 1.05. The van der Waals surface area contributed by atoms with E-state index in [0.717, 1.165) is 29.4 Å². The van der Waals surface area contributed by atoms with Crippen LogP contribution in [0.5, 0.6) is 17.2 Å². The molecular weight excluding hydrogens is 624 g/mol. The Morgan fingerprint density at radius 1 is 0.975 bits per heavy atom. The monoisotopic (exact) mass is 645 g/mol. The van der Waals surface area contributed by atoms with Crippen LogP contribution < -0.4 is 9.47 Å². The molecule has 8 nitrogen and oxygen atoms in total. The van der Waals surface area contributed by atoms with Crippen LogP contribution in [-0.4, -0.2) is 58.3 Å². The summed E-state index contributed by atoms with van der Waals surface area (Å²) in [4.78, 5) is 24.8. The minimum atomic E-state index is -1.20. The van der Waals surface area contributed by atoms with Gasteiger partial charge in [0, 0.05) is 28.9 Å². The van der Waals surface area contributed by atoms with Crippen molar-refractivity contribution in [3.63, 3.8) is 0 Å². The van der Waals surface area contributed by atoms with E-state index in [-0.39, 0.29) is 17.1 Å². The zero-order valence-corrected chi connectivity index (χ0v) is 24.7. The van der Waals surface area contributed by atoms with Crippen LogP contribution in [-0.2, 0) is 11.3 Å². The minimum Gasteiger partial charge on any atom is -0.504 e. The zero-order valence-electron chi connectivity index (χ0n) is 20.9. The van der Waals surface area contributed by atoms with Crippen LogP contribution >= 0.6 is 58.2 Å². The second kappa shape index (κ2) is 14.7. The van der Waals surface area contributed by atoms with Crippen molar-refractivity contribution in [2.45, 2.75) is 6.54 Å². The molecule has 0 unspecified atom stereocenters. The summed E-state index contributed by atoms with van der Waals surface area (Å²) in [5.74, 6) is -1.36.